The van der Waals surface area contributed by atoms with Gasteiger partial charge in [0.1, 0.15) is 5.82 Å². The van der Waals surface area contributed by atoms with E-state index in [0.717, 1.165) is 51.0 Å². The SMILES string of the molecule is Nc1ccc(/C=C/C(=O)NCC[C@@H]2[C@H]3CN(C(=O)N4CCCC4)C[C@@H]23)cn1. The molecule has 2 aliphatic heterocycles. The van der Waals surface area contributed by atoms with Crippen LogP contribution in [0.5, 0.6) is 0 Å². The lowest BCUT2D eigenvalue weighted by Crippen LogP contribution is -2.41. The summed E-state index contributed by atoms with van der Waals surface area (Å²) in [5.74, 6) is 2.28. The monoisotopic (exact) mass is 369 g/mol. The molecule has 0 radical (unpaired) electrons. The maximum absolute atomic E-state index is 12.4. The lowest BCUT2D eigenvalue weighted by Gasteiger charge is -2.26. The van der Waals surface area contributed by atoms with E-state index in [4.69, 9.17) is 5.73 Å². The van der Waals surface area contributed by atoms with Crippen molar-refractivity contribution >= 4 is 23.8 Å². The van der Waals surface area contributed by atoms with E-state index in [2.05, 4.69) is 10.3 Å². The smallest absolute Gasteiger partial charge is 0.320 e. The number of urea groups is 1. The van der Waals surface area contributed by atoms with Crippen molar-refractivity contribution in [3.8, 4) is 0 Å². The van der Waals surface area contributed by atoms with Crippen molar-refractivity contribution in [2.24, 2.45) is 17.8 Å². The number of piperidine rings is 1. The zero-order valence-corrected chi connectivity index (χ0v) is 15.5. The number of nitrogens with one attached hydrogen (secondary N) is 1. The fraction of sp³-hybridized carbons (Fsp3) is 0.550. The van der Waals surface area contributed by atoms with Gasteiger partial charge in [-0.3, -0.25) is 4.79 Å². The number of likely N-dealkylation sites (tertiary alicyclic amines) is 2. The lowest BCUT2D eigenvalue weighted by atomic mass is 10.2. The van der Waals surface area contributed by atoms with Gasteiger partial charge in [0.25, 0.3) is 0 Å². The number of aromatic nitrogens is 1. The Hall–Kier alpha value is -2.57. The van der Waals surface area contributed by atoms with Crippen molar-refractivity contribution in [1.29, 1.82) is 0 Å². The van der Waals surface area contributed by atoms with E-state index >= 15 is 0 Å². The summed E-state index contributed by atoms with van der Waals surface area (Å²) < 4.78 is 0. The molecule has 4 rings (SSSR count). The summed E-state index contributed by atoms with van der Waals surface area (Å²) in [7, 11) is 0. The first-order valence-corrected chi connectivity index (χ1v) is 9.83. The number of hydrogen-bond acceptors (Lipinski definition) is 4. The number of hydrogen-bond donors (Lipinski definition) is 2. The highest BCUT2D eigenvalue weighted by molar-refractivity contribution is 5.91. The van der Waals surface area contributed by atoms with E-state index in [-0.39, 0.29) is 11.9 Å². The molecule has 0 bridgehead atoms. The molecule has 3 N–H and O–H groups in total. The summed E-state index contributed by atoms with van der Waals surface area (Å²) in [6.07, 6.45) is 8.16. The number of carbonyl (C=O) groups is 2. The summed E-state index contributed by atoms with van der Waals surface area (Å²) in [4.78, 5) is 32.3. The largest absolute Gasteiger partial charge is 0.384 e. The third-order valence-corrected chi connectivity index (χ3v) is 6.03. The molecule has 1 aromatic rings. The van der Waals surface area contributed by atoms with Gasteiger partial charge in [-0.25, -0.2) is 9.78 Å². The highest BCUT2D eigenvalue weighted by Gasteiger charge is 2.56. The molecule has 3 amide bonds. The van der Waals surface area contributed by atoms with Crippen molar-refractivity contribution in [3.63, 3.8) is 0 Å². The molecule has 1 saturated carbocycles. The van der Waals surface area contributed by atoms with Gasteiger partial charge in [-0.15, -0.1) is 0 Å². The average molecular weight is 369 g/mol. The second-order valence-corrected chi connectivity index (χ2v) is 7.80. The molecule has 1 aliphatic carbocycles. The zero-order chi connectivity index (χ0) is 18.8. The van der Waals surface area contributed by atoms with Gasteiger partial charge in [0, 0.05) is 45.0 Å². The number of nitrogens with two attached hydrogens (primary N) is 1. The maximum atomic E-state index is 12.4. The second kappa shape index (κ2) is 7.58. The van der Waals surface area contributed by atoms with Crippen LogP contribution in [0.4, 0.5) is 10.6 Å². The number of fused-ring (bicyclic) bond motifs is 1. The highest BCUT2D eigenvalue weighted by atomic mass is 16.2. The molecule has 3 aliphatic rings. The number of anilines is 1. The van der Waals surface area contributed by atoms with Gasteiger partial charge >= 0.3 is 6.03 Å². The summed E-state index contributed by atoms with van der Waals surface area (Å²) in [6.45, 7) is 4.30. The second-order valence-electron chi connectivity index (χ2n) is 7.80. The van der Waals surface area contributed by atoms with Crippen LogP contribution in [-0.2, 0) is 4.79 Å². The third-order valence-electron chi connectivity index (χ3n) is 6.03. The predicted molar refractivity (Wildman–Crippen MR) is 104 cm³/mol. The minimum atomic E-state index is -0.0940. The Balaban J connectivity index is 1.14. The van der Waals surface area contributed by atoms with Gasteiger partial charge in [0.15, 0.2) is 0 Å². The Morgan fingerprint density at radius 2 is 1.93 bits per heavy atom. The van der Waals surface area contributed by atoms with Crippen LogP contribution in [0.15, 0.2) is 24.4 Å². The molecule has 7 nitrogen and oxygen atoms in total. The Morgan fingerprint density at radius 1 is 1.19 bits per heavy atom. The van der Waals surface area contributed by atoms with Crippen LogP contribution in [-0.4, -0.2) is 59.4 Å². The third kappa shape index (κ3) is 4.07. The molecule has 0 spiro atoms. The first-order valence-electron chi connectivity index (χ1n) is 9.83. The van der Waals surface area contributed by atoms with Crippen molar-refractivity contribution in [2.45, 2.75) is 19.3 Å². The number of carbonyl (C=O) groups excluding carboxylic acids is 2. The van der Waals surface area contributed by atoms with E-state index in [0.29, 0.717) is 30.1 Å². The summed E-state index contributed by atoms with van der Waals surface area (Å²) >= 11 is 0. The Labute approximate surface area is 159 Å². The number of rotatable bonds is 5. The van der Waals surface area contributed by atoms with Gasteiger partial charge in [0.05, 0.1) is 0 Å². The Morgan fingerprint density at radius 3 is 2.59 bits per heavy atom. The normalized spacial score (nSPS) is 26.4. The average Bonchev–Trinajstić information content (AvgIpc) is 3.08. The first-order chi connectivity index (χ1) is 13.1. The van der Waals surface area contributed by atoms with E-state index in [9.17, 15) is 9.59 Å². The van der Waals surface area contributed by atoms with Crippen LogP contribution in [0, 0.1) is 17.8 Å². The zero-order valence-electron chi connectivity index (χ0n) is 15.5. The van der Waals surface area contributed by atoms with Crippen LogP contribution in [0.1, 0.15) is 24.8 Å². The van der Waals surface area contributed by atoms with E-state index < -0.39 is 0 Å². The van der Waals surface area contributed by atoms with Crippen LogP contribution in [0.25, 0.3) is 6.08 Å². The molecule has 2 saturated heterocycles. The van der Waals surface area contributed by atoms with Gasteiger partial charge in [-0.2, -0.15) is 0 Å². The van der Waals surface area contributed by atoms with Gasteiger partial charge in [0.2, 0.25) is 5.91 Å². The molecule has 0 aromatic carbocycles. The molecule has 144 valence electrons. The molecular formula is C20H27N5O2. The minimum absolute atomic E-state index is 0.0940. The molecule has 1 aromatic heterocycles. The number of nitrogen functional groups attached to an aromatic ring is 1. The molecule has 0 unspecified atom stereocenters. The molecule has 3 fully saturated rings. The van der Waals surface area contributed by atoms with Gasteiger partial charge < -0.3 is 20.9 Å². The van der Waals surface area contributed by atoms with Crippen molar-refractivity contribution in [1.82, 2.24) is 20.1 Å². The van der Waals surface area contributed by atoms with Crippen molar-refractivity contribution in [3.05, 3.63) is 30.0 Å². The van der Waals surface area contributed by atoms with Crippen LogP contribution < -0.4 is 11.1 Å². The minimum Gasteiger partial charge on any atom is -0.384 e. The van der Waals surface area contributed by atoms with Crippen LogP contribution in [0.3, 0.4) is 0 Å². The molecular weight excluding hydrogens is 342 g/mol. The summed E-state index contributed by atoms with van der Waals surface area (Å²) in [6, 6.07) is 3.77. The fourth-order valence-electron chi connectivity index (χ4n) is 4.45. The Bertz CT molecular complexity index is 714. The highest BCUT2D eigenvalue weighted by Crippen LogP contribution is 2.53. The number of nitrogens with zero attached hydrogens (tertiary/aromatic N) is 3. The molecule has 3 atom stereocenters. The molecule has 7 heteroatoms. The van der Waals surface area contributed by atoms with Crippen LogP contribution in [0.2, 0.25) is 0 Å². The Kier molecular flexibility index (Phi) is 5.01. The number of pyridine rings is 1. The lowest BCUT2D eigenvalue weighted by molar-refractivity contribution is -0.116. The van der Waals surface area contributed by atoms with Crippen molar-refractivity contribution < 1.29 is 9.59 Å². The summed E-state index contributed by atoms with van der Waals surface area (Å²) in [5.41, 5.74) is 6.39. The molecule has 3 heterocycles. The van der Waals surface area contributed by atoms with E-state index in [1.807, 2.05) is 15.9 Å². The topological polar surface area (TPSA) is 91.6 Å². The number of amides is 3. The molecule has 27 heavy (non-hydrogen) atoms. The van der Waals surface area contributed by atoms with Gasteiger partial charge in [-0.1, -0.05) is 0 Å². The standard InChI is InChI=1S/C20H27N5O2/c21-18-5-3-14(11-23-18)4-6-19(26)22-8-7-15-16-12-25(13-17(15)16)20(27)24-9-1-2-10-24/h3-6,11,15-17H,1-2,7-10,12-13H2,(H2,21,23)(H,22,26)/b6-4+/t15-,16-,17+. The van der Waals surface area contributed by atoms with Crippen molar-refractivity contribution in [2.75, 3.05) is 38.5 Å². The van der Waals surface area contributed by atoms with E-state index in [1.165, 1.54) is 6.08 Å². The quantitative estimate of drug-likeness (QED) is 0.771. The maximum Gasteiger partial charge on any atom is 0.320 e. The summed E-state index contributed by atoms with van der Waals surface area (Å²) in [5, 5.41) is 2.94. The van der Waals surface area contributed by atoms with E-state index in [1.54, 1.807) is 18.3 Å². The first kappa shape index (κ1) is 17.8. The van der Waals surface area contributed by atoms with Crippen LogP contribution >= 0.6 is 0 Å². The fourth-order valence-corrected chi connectivity index (χ4v) is 4.45. The predicted octanol–water partition coefficient (Wildman–Crippen LogP) is 1.58. The van der Waals surface area contributed by atoms with Gasteiger partial charge in [-0.05, 0) is 60.8 Å².